The smallest absolute Gasteiger partial charge is 0.251 e. The van der Waals surface area contributed by atoms with E-state index in [1.165, 1.54) is 5.69 Å². The van der Waals surface area contributed by atoms with Crippen LogP contribution in [0.15, 0.2) is 66.7 Å². The third kappa shape index (κ3) is 5.20. The zero-order valence-corrected chi connectivity index (χ0v) is 20.2. The average Bonchev–Trinajstić information content (AvgIpc) is 3.38. The Labute approximate surface area is 206 Å². The largest absolute Gasteiger partial charge is 0.497 e. The van der Waals surface area contributed by atoms with E-state index >= 15 is 0 Å². The normalized spacial score (nSPS) is 16.1. The first-order valence-electron chi connectivity index (χ1n) is 12.0. The number of nitrogens with one attached hydrogen (secondary N) is 1. The Kier molecular flexibility index (Phi) is 6.77. The van der Waals surface area contributed by atoms with Gasteiger partial charge in [0.2, 0.25) is 6.79 Å². The van der Waals surface area contributed by atoms with Gasteiger partial charge in [0.05, 0.1) is 13.2 Å². The van der Waals surface area contributed by atoms with Gasteiger partial charge in [-0.3, -0.25) is 9.69 Å². The van der Waals surface area contributed by atoms with Gasteiger partial charge in [-0.15, -0.1) is 0 Å². The van der Waals surface area contributed by atoms with E-state index in [1.54, 1.807) is 7.11 Å². The van der Waals surface area contributed by atoms with Crippen molar-refractivity contribution in [2.45, 2.75) is 13.0 Å². The molecule has 1 atom stereocenters. The van der Waals surface area contributed by atoms with Crippen molar-refractivity contribution in [3.05, 3.63) is 83.4 Å². The van der Waals surface area contributed by atoms with Crippen LogP contribution in [0.4, 0.5) is 5.69 Å². The summed E-state index contributed by atoms with van der Waals surface area (Å²) in [5.74, 6) is 2.32. The molecule has 1 saturated heterocycles. The first kappa shape index (κ1) is 23.1. The lowest BCUT2D eigenvalue weighted by Crippen LogP contribution is -2.50. The molecule has 1 N–H and O–H groups in total. The molecule has 0 aliphatic carbocycles. The number of nitrogens with zero attached hydrogens (tertiary/aromatic N) is 2. The van der Waals surface area contributed by atoms with Gasteiger partial charge in [-0.05, 0) is 61.0 Å². The number of methoxy groups -OCH3 is 1. The molecule has 3 aromatic rings. The third-order valence-corrected chi connectivity index (χ3v) is 6.74. The Morgan fingerprint density at radius 2 is 1.66 bits per heavy atom. The van der Waals surface area contributed by atoms with Crippen LogP contribution in [-0.2, 0) is 0 Å². The molecule has 1 amide bonds. The van der Waals surface area contributed by atoms with E-state index in [2.05, 4.69) is 33.3 Å². The molecule has 0 radical (unpaired) electrons. The van der Waals surface area contributed by atoms with Gasteiger partial charge in [-0.25, -0.2) is 0 Å². The van der Waals surface area contributed by atoms with Crippen molar-refractivity contribution in [2.24, 2.45) is 0 Å². The van der Waals surface area contributed by atoms with E-state index in [0.717, 1.165) is 54.6 Å². The van der Waals surface area contributed by atoms with E-state index in [0.29, 0.717) is 12.1 Å². The van der Waals surface area contributed by atoms with Crippen molar-refractivity contribution in [1.82, 2.24) is 10.2 Å². The molecule has 7 heteroatoms. The van der Waals surface area contributed by atoms with Gasteiger partial charge in [0.25, 0.3) is 5.91 Å². The summed E-state index contributed by atoms with van der Waals surface area (Å²) in [7, 11) is 1.68. The molecular formula is C28H31N3O4. The van der Waals surface area contributed by atoms with Crippen LogP contribution in [-0.4, -0.2) is 57.4 Å². The van der Waals surface area contributed by atoms with Crippen LogP contribution in [0.25, 0.3) is 0 Å². The number of ether oxygens (including phenoxy) is 3. The minimum atomic E-state index is -0.0624. The maximum atomic E-state index is 12.9. The molecule has 5 rings (SSSR count). The SMILES string of the molecule is COc1ccc(N2CCN([C@H](CNC(=O)c3ccc(C)cc3)c3ccc4c(c3)OCO4)CC2)cc1. The number of hydrogen-bond acceptors (Lipinski definition) is 6. The van der Waals surface area contributed by atoms with Crippen LogP contribution < -0.4 is 24.4 Å². The topological polar surface area (TPSA) is 63.3 Å². The highest BCUT2D eigenvalue weighted by molar-refractivity contribution is 5.94. The lowest BCUT2D eigenvalue weighted by Gasteiger charge is -2.40. The fourth-order valence-corrected chi connectivity index (χ4v) is 4.66. The summed E-state index contributed by atoms with van der Waals surface area (Å²) in [6.07, 6.45) is 0. The fourth-order valence-electron chi connectivity index (χ4n) is 4.66. The van der Waals surface area contributed by atoms with Gasteiger partial charge in [0, 0.05) is 44.0 Å². The maximum absolute atomic E-state index is 12.9. The van der Waals surface area contributed by atoms with Crippen LogP contribution in [0.2, 0.25) is 0 Å². The molecule has 0 spiro atoms. The Balaban J connectivity index is 1.30. The van der Waals surface area contributed by atoms with E-state index in [1.807, 2.05) is 55.5 Å². The Morgan fingerprint density at radius 1 is 0.943 bits per heavy atom. The lowest BCUT2D eigenvalue weighted by molar-refractivity contribution is 0.0930. The predicted octanol–water partition coefficient (Wildman–Crippen LogP) is 4.03. The third-order valence-electron chi connectivity index (χ3n) is 6.74. The molecule has 0 aromatic heterocycles. The average molecular weight is 474 g/mol. The number of fused-ring (bicyclic) bond motifs is 1. The van der Waals surface area contributed by atoms with Crippen LogP contribution in [0.3, 0.4) is 0 Å². The molecule has 1 fully saturated rings. The van der Waals surface area contributed by atoms with Crippen molar-refractivity contribution >= 4 is 11.6 Å². The highest BCUT2D eigenvalue weighted by Crippen LogP contribution is 2.36. The number of aryl methyl sites for hydroxylation is 1. The molecule has 7 nitrogen and oxygen atoms in total. The maximum Gasteiger partial charge on any atom is 0.251 e. The van der Waals surface area contributed by atoms with E-state index in [9.17, 15) is 4.79 Å². The Hall–Kier alpha value is -3.71. The van der Waals surface area contributed by atoms with Gasteiger partial charge in [0.15, 0.2) is 11.5 Å². The summed E-state index contributed by atoms with van der Waals surface area (Å²) in [4.78, 5) is 17.7. The van der Waals surface area contributed by atoms with E-state index in [4.69, 9.17) is 14.2 Å². The summed E-state index contributed by atoms with van der Waals surface area (Å²) < 4.78 is 16.4. The second-order valence-electron chi connectivity index (χ2n) is 8.93. The second-order valence-corrected chi connectivity index (χ2v) is 8.93. The van der Waals surface area contributed by atoms with Crippen LogP contribution in [0, 0.1) is 6.92 Å². The summed E-state index contributed by atoms with van der Waals surface area (Å²) in [6, 6.07) is 22.0. The number of piperazine rings is 1. The summed E-state index contributed by atoms with van der Waals surface area (Å²) in [6.45, 7) is 6.33. The van der Waals surface area contributed by atoms with Gasteiger partial charge in [-0.2, -0.15) is 0 Å². The molecule has 0 unspecified atom stereocenters. The highest BCUT2D eigenvalue weighted by atomic mass is 16.7. The summed E-state index contributed by atoms with van der Waals surface area (Å²) in [5.41, 5.74) is 4.10. The van der Waals surface area contributed by atoms with Gasteiger partial charge < -0.3 is 24.4 Å². The van der Waals surface area contributed by atoms with Crippen LogP contribution >= 0.6 is 0 Å². The van der Waals surface area contributed by atoms with Gasteiger partial charge in [0.1, 0.15) is 5.75 Å². The number of hydrogen-bond donors (Lipinski definition) is 1. The van der Waals surface area contributed by atoms with Crippen LogP contribution in [0.1, 0.15) is 27.5 Å². The second kappa shape index (κ2) is 10.3. The van der Waals surface area contributed by atoms with E-state index in [-0.39, 0.29) is 18.7 Å². The van der Waals surface area contributed by atoms with E-state index < -0.39 is 0 Å². The number of benzene rings is 3. The number of carbonyl (C=O) groups is 1. The molecule has 2 heterocycles. The number of carbonyl (C=O) groups excluding carboxylic acids is 1. The number of anilines is 1. The summed E-state index contributed by atoms with van der Waals surface area (Å²) >= 11 is 0. The first-order chi connectivity index (χ1) is 17.1. The van der Waals surface area contributed by atoms with Crippen LogP contribution in [0.5, 0.6) is 17.2 Å². The van der Waals surface area contributed by atoms with Crippen molar-refractivity contribution in [1.29, 1.82) is 0 Å². The summed E-state index contributed by atoms with van der Waals surface area (Å²) in [5, 5.41) is 3.16. The molecule has 182 valence electrons. The molecular weight excluding hydrogens is 442 g/mol. The lowest BCUT2D eigenvalue weighted by atomic mass is 10.0. The van der Waals surface area contributed by atoms with Gasteiger partial charge >= 0.3 is 0 Å². The quantitative estimate of drug-likeness (QED) is 0.559. The number of amides is 1. The van der Waals surface area contributed by atoms with Gasteiger partial charge in [-0.1, -0.05) is 23.8 Å². The van der Waals surface area contributed by atoms with Crippen molar-refractivity contribution < 1.29 is 19.0 Å². The zero-order chi connectivity index (χ0) is 24.2. The molecule has 35 heavy (non-hydrogen) atoms. The molecule has 3 aromatic carbocycles. The minimum Gasteiger partial charge on any atom is -0.497 e. The van der Waals surface area contributed by atoms with Crippen molar-refractivity contribution in [2.75, 3.05) is 51.5 Å². The predicted molar refractivity (Wildman–Crippen MR) is 136 cm³/mol. The Bertz CT molecular complexity index is 1160. The fraction of sp³-hybridized carbons (Fsp3) is 0.321. The van der Waals surface area contributed by atoms with Crippen molar-refractivity contribution in [3.8, 4) is 17.2 Å². The molecule has 2 aliphatic rings. The minimum absolute atomic E-state index is 0.0249. The highest BCUT2D eigenvalue weighted by Gasteiger charge is 2.27. The monoisotopic (exact) mass is 473 g/mol. The number of rotatable bonds is 7. The Morgan fingerprint density at radius 3 is 2.37 bits per heavy atom. The molecule has 0 bridgehead atoms. The molecule has 0 saturated carbocycles. The van der Waals surface area contributed by atoms with Crippen molar-refractivity contribution in [3.63, 3.8) is 0 Å². The molecule has 2 aliphatic heterocycles. The standard InChI is InChI=1S/C28H31N3O4/c1-20-3-5-21(6-4-20)28(32)29-18-25(22-7-12-26-27(17-22)35-19-34-26)31-15-13-30(14-16-31)23-8-10-24(33-2)11-9-23/h3-12,17,25H,13-16,18-19H2,1-2H3,(H,29,32)/t25-/m1/s1. The first-order valence-corrected chi connectivity index (χ1v) is 12.0. The zero-order valence-electron chi connectivity index (χ0n) is 20.2.